The number of fused-ring (bicyclic) bond motifs is 1. The van der Waals surface area contributed by atoms with Crippen molar-refractivity contribution in [3.05, 3.63) is 28.4 Å². The third-order valence-electron chi connectivity index (χ3n) is 2.87. The van der Waals surface area contributed by atoms with Gasteiger partial charge in [-0.05, 0) is 12.1 Å². The fourth-order valence-corrected chi connectivity index (χ4v) is 2.28. The van der Waals surface area contributed by atoms with Crippen molar-refractivity contribution in [2.45, 2.75) is 0 Å². The van der Waals surface area contributed by atoms with Crippen LogP contribution < -0.4 is 4.74 Å². The van der Waals surface area contributed by atoms with Crippen molar-refractivity contribution in [1.82, 2.24) is 4.98 Å². The van der Waals surface area contributed by atoms with Crippen LogP contribution in [-0.4, -0.2) is 38.3 Å². The van der Waals surface area contributed by atoms with E-state index < -0.39 is 11.9 Å². The molecular formula is C13H12ClNO5. The van der Waals surface area contributed by atoms with Crippen LogP contribution in [0.4, 0.5) is 0 Å². The lowest BCUT2D eigenvalue weighted by atomic mass is 10.1. The van der Waals surface area contributed by atoms with E-state index in [0.29, 0.717) is 16.7 Å². The summed E-state index contributed by atoms with van der Waals surface area (Å²) in [6.07, 6.45) is 0. The number of benzene rings is 1. The van der Waals surface area contributed by atoms with Crippen LogP contribution in [0.15, 0.2) is 12.1 Å². The average molecular weight is 298 g/mol. The highest BCUT2D eigenvalue weighted by atomic mass is 35.5. The highest BCUT2D eigenvalue weighted by Crippen LogP contribution is 2.36. The number of aromatic amines is 1. The third kappa shape index (κ3) is 2.08. The van der Waals surface area contributed by atoms with Gasteiger partial charge in [-0.15, -0.1) is 0 Å². The normalized spacial score (nSPS) is 10.4. The van der Waals surface area contributed by atoms with Crippen molar-refractivity contribution in [3.63, 3.8) is 0 Å². The Kier molecular flexibility index (Phi) is 3.85. The smallest absolute Gasteiger partial charge is 0.355 e. The van der Waals surface area contributed by atoms with Crippen molar-refractivity contribution in [2.24, 2.45) is 0 Å². The Labute approximate surface area is 119 Å². The standard InChI is InChI=1S/C13H12ClNO5/c1-18-7-5-4-6-8(10(7)14)9(12(16)19-2)11(15-6)13(17)20-3/h4-5,15H,1-3H3. The monoisotopic (exact) mass is 297 g/mol. The van der Waals surface area contributed by atoms with E-state index in [0.717, 1.165) is 0 Å². The Bertz CT molecular complexity index is 692. The fraction of sp³-hybridized carbons (Fsp3) is 0.231. The minimum atomic E-state index is -0.688. The van der Waals surface area contributed by atoms with Gasteiger partial charge in [0.2, 0.25) is 0 Å². The molecule has 0 fully saturated rings. The number of hydrogen-bond donors (Lipinski definition) is 1. The van der Waals surface area contributed by atoms with Crippen LogP contribution in [0.2, 0.25) is 5.02 Å². The lowest BCUT2D eigenvalue weighted by Crippen LogP contribution is -2.10. The van der Waals surface area contributed by atoms with Gasteiger partial charge in [-0.2, -0.15) is 0 Å². The number of H-pyrrole nitrogens is 1. The van der Waals surface area contributed by atoms with Gasteiger partial charge in [0, 0.05) is 10.9 Å². The van der Waals surface area contributed by atoms with Gasteiger partial charge in [0.05, 0.1) is 26.4 Å². The fourth-order valence-electron chi connectivity index (χ4n) is 1.95. The molecule has 0 aliphatic heterocycles. The van der Waals surface area contributed by atoms with Crippen LogP contribution in [0, 0.1) is 0 Å². The van der Waals surface area contributed by atoms with E-state index in [2.05, 4.69) is 9.72 Å². The zero-order valence-corrected chi connectivity index (χ0v) is 11.8. The van der Waals surface area contributed by atoms with Crippen LogP contribution in [0.25, 0.3) is 10.9 Å². The molecular weight excluding hydrogens is 286 g/mol. The molecule has 1 heterocycles. The van der Waals surface area contributed by atoms with Gasteiger partial charge in [-0.25, -0.2) is 9.59 Å². The Hall–Kier alpha value is -2.21. The molecule has 106 valence electrons. The number of carbonyl (C=O) groups excluding carboxylic acids is 2. The molecule has 0 unspecified atom stereocenters. The number of esters is 2. The molecule has 0 aliphatic rings. The molecule has 0 amide bonds. The molecule has 0 aliphatic carbocycles. The van der Waals surface area contributed by atoms with E-state index in [1.807, 2.05) is 0 Å². The molecule has 0 saturated carbocycles. The van der Waals surface area contributed by atoms with Crippen molar-refractivity contribution < 1.29 is 23.8 Å². The molecule has 1 aromatic carbocycles. The SMILES string of the molecule is COC(=O)c1[nH]c2ccc(OC)c(Cl)c2c1C(=O)OC. The van der Waals surface area contributed by atoms with Gasteiger partial charge in [0.15, 0.2) is 0 Å². The molecule has 1 N–H and O–H groups in total. The molecule has 7 heteroatoms. The van der Waals surface area contributed by atoms with Crippen LogP contribution in [-0.2, 0) is 9.47 Å². The van der Waals surface area contributed by atoms with Gasteiger partial charge in [0.25, 0.3) is 0 Å². The maximum atomic E-state index is 11.9. The van der Waals surface area contributed by atoms with Crippen LogP contribution in [0.3, 0.4) is 0 Å². The van der Waals surface area contributed by atoms with Gasteiger partial charge in [-0.1, -0.05) is 11.6 Å². The number of rotatable bonds is 3. The zero-order valence-electron chi connectivity index (χ0n) is 11.1. The molecule has 2 aromatic rings. The summed E-state index contributed by atoms with van der Waals surface area (Å²) in [5.74, 6) is -0.983. The Balaban J connectivity index is 2.85. The first kappa shape index (κ1) is 14.2. The lowest BCUT2D eigenvalue weighted by molar-refractivity contribution is 0.0553. The Morgan fingerprint density at radius 1 is 1.10 bits per heavy atom. The summed E-state index contributed by atoms with van der Waals surface area (Å²) >= 11 is 6.20. The Morgan fingerprint density at radius 3 is 2.30 bits per heavy atom. The third-order valence-corrected chi connectivity index (χ3v) is 3.24. The van der Waals surface area contributed by atoms with Gasteiger partial charge < -0.3 is 19.2 Å². The number of methoxy groups -OCH3 is 3. The summed E-state index contributed by atoms with van der Waals surface area (Å²) in [5, 5.41) is 0.579. The predicted molar refractivity (Wildman–Crippen MR) is 72.5 cm³/mol. The first-order valence-corrected chi connectivity index (χ1v) is 5.97. The largest absolute Gasteiger partial charge is 0.495 e. The first-order valence-electron chi connectivity index (χ1n) is 5.60. The topological polar surface area (TPSA) is 77.6 Å². The summed E-state index contributed by atoms with van der Waals surface area (Å²) < 4.78 is 14.4. The van der Waals surface area contributed by atoms with E-state index in [9.17, 15) is 9.59 Å². The van der Waals surface area contributed by atoms with Gasteiger partial charge in [0.1, 0.15) is 17.0 Å². The van der Waals surface area contributed by atoms with Crippen LogP contribution in [0.5, 0.6) is 5.75 Å². The molecule has 0 spiro atoms. The summed E-state index contributed by atoms with van der Waals surface area (Å²) in [4.78, 5) is 26.5. The van der Waals surface area contributed by atoms with E-state index in [1.165, 1.54) is 21.3 Å². The quantitative estimate of drug-likeness (QED) is 0.880. The van der Waals surface area contributed by atoms with Crippen molar-refractivity contribution in [2.75, 3.05) is 21.3 Å². The number of halogens is 1. The highest BCUT2D eigenvalue weighted by molar-refractivity contribution is 6.38. The summed E-state index contributed by atoms with van der Waals surface area (Å²) in [5.41, 5.74) is 0.527. The molecule has 1 aromatic heterocycles. The average Bonchev–Trinajstić information content (AvgIpc) is 2.86. The number of ether oxygens (including phenoxy) is 3. The number of nitrogens with one attached hydrogen (secondary N) is 1. The summed E-state index contributed by atoms with van der Waals surface area (Å²) in [7, 11) is 3.89. The van der Waals surface area contributed by atoms with Crippen LogP contribution in [0.1, 0.15) is 20.8 Å². The predicted octanol–water partition coefficient (Wildman–Crippen LogP) is 2.40. The van der Waals surface area contributed by atoms with E-state index >= 15 is 0 Å². The molecule has 6 nitrogen and oxygen atoms in total. The minimum absolute atomic E-state index is 0.00972. The van der Waals surface area contributed by atoms with E-state index in [4.69, 9.17) is 21.1 Å². The van der Waals surface area contributed by atoms with Crippen LogP contribution >= 0.6 is 11.6 Å². The molecule has 0 radical (unpaired) electrons. The number of carbonyl (C=O) groups is 2. The van der Waals surface area contributed by atoms with Crippen molar-refractivity contribution in [1.29, 1.82) is 0 Å². The second-order valence-corrected chi connectivity index (χ2v) is 4.24. The molecule has 0 bridgehead atoms. The maximum Gasteiger partial charge on any atom is 0.355 e. The molecule has 0 atom stereocenters. The maximum absolute atomic E-state index is 11.9. The molecule has 0 saturated heterocycles. The number of aromatic nitrogens is 1. The zero-order chi connectivity index (χ0) is 14.9. The van der Waals surface area contributed by atoms with E-state index in [-0.39, 0.29) is 16.3 Å². The minimum Gasteiger partial charge on any atom is -0.495 e. The second kappa shape index (κ2) is 5.42. The summed E-state index contributed by atoms with van der Waals surface area (Å²) in [6, 6.07) is 3.28. The van der Waals surface area contributed by atoms with Gasteiger partial charge in [-0.3, -0.25) is 0 Å². The van der Waals surface area contributed by atoms with Gasteiger partial charge >= 0.3 is 11.9 Å². The molecule has 20 heavy (non-hydrogen) atoms. The van der Waals surface area contributed by atoms with E-state index in [1.54, 1.807) is 12.1 Å². The lowest BCUT2D eigenvalue weighted by Gasteiger charge is -2.05. The summed E-state index contributed by atoms with van der Waals surface area (Å²) in [6.45, 7) is 0. The van der Waals surface area contributed by atoms with Crippen molar-refractivity contribution >= 4 is 34.4 Å². The second-order valence-electron chi connectivity index (χ2n) is 3.86. The highest BCUT2D eigenvalue weighted by Gasteiger charge is 2.27. The first-order chi connectivity index (χ1) is 9.54. The number of hydrogen-bond acceptors (Lipinski definition) is 5. The Morgan fingerprint density at radius 2 is 1.75 bits per heavy atom. The molecule has 2 rings (SSSR count). The van der Waals surface area contributed by atoms with Crippen molar-refractivity contribution in [3.8, 4) is 5.75 Å².